The first-order valence-corrected chi connectivity index (χ1v) is 9.73. The lowest BCUT2D eigenvalue weighted by molar-refractivity contribution is -0.135. The summed E-state index contributed by atoms with van der Waals surface area (Å²) in [6, 6.07) is 12.7. The van der Waals surface area contributed by atoms with Gasteiger partial charge in [-0.1, -0.05) is 0 Å². The number of hydrogen-bond donors (Lipinski definition) is 1. The third-order valence-electron chi connectivity index (χ3n) is 5.12. The molecule has 150 valence electrons. The van der Waals surface area contributed by atoms with Crippen molar-refractivity contribution in [1.82, 2.24) is 14.9 Å². The Morgan fingerprint density at radius 1 is 1.07 bits per heavy atom. The Kier molecular flexibility index (Phi) is 5.46. The van der Waals surface area contributed by atoms with Crippen molar-refractivity contribution in [2.75, 3.05) is 26.8 Å². The van der Waals surface area contributed by atoms with E-state index in [9.17, 15) is 9.59 Å². The number of likely N-dealkylation sites (tertiary alicyclic amines) is 1. The number of carbonyl (C=O) groups is 2. The number of piperidine rings is 1. The zero-order chi connectivity index (χ0) is 20.2. The first kappa shape index (κ1) is 19.0. The van der Waals surface area contributed by atoms with Crippen LogP contribution < -0.4 is 4.74 Å². The molecule has 2 heterocycles. The quantitative estimate of drug-likeness (QED) is 0.672. The third kappa shape index (κ3) is 4.23. The van der Waals surface area contributed by atoms with Gasteiger partial charge in [0.15, 0.2) is 6.61 Å². The van der Waals surface area contributed by atoms with E-state index in [2.05, 4.69) is 9.97 Å². The number of aromatic nitrogens is 2. The Morgan fingerprint density at radius 3 is 2.55 bits per heavy atom. The molecule has 29 heavy (non-hydrogen) atoms. The molecule has 1 N–H and O–H groups in total. The molecule has 1 aliphatic heterocycles. The van der Waals surface area contributed by atoms with E-state index in [1.165, 1.54) is 0 Å². The fourth-order valence-electron chi connectivity index (χ4n) is 3.47. The number of H-pyrrole nitrogens is 1. The Labute approximate surface area is 168 Å². The summed E-state index contributed by atoms with van der Waals surface area (Å²) >= 11 is 0. The van der Waals surface area contributed by atoms with Gasteiger partial charge in [0.2, 0.25) is 0 Å². The smallest absolute Gasteiger partial charge is 0.338 e. The van der Waals surface area contributed by atoms with E-state index in [1.807, 2.05) is 24.3 Å². The van der Waals surface area contributed by atoms with Gasteiger partial charge in [-0.3, -0.25) is 4.79 Å². The van der Waals surface area contributed by atoms with E-state index in [1.54, 1.807) is 30.2 Å². The molecule has 7 heteroatoms. The zero-order valence-corrected chi connectivity index (χ0v) is 16.3. The van der Waals surface area contributed by atoms with Gasteiger partial charge in [-0.25, -0.2) is 9.78 Å². The fraction of sp³-hybridized carbons (Fsp3) is 0.318. The lowest BCUT2D eigenvalue weighted by atomic mass is 10.1. The maximum Gasteiger partial charge on any atom is 0.338 e. The molecule has 0 radical (unpaired) electrons. The van der Waals surface area contributed by atoms with Crippen molar-refractivity contribution in [3.63, 3.8) is 0 Å². The number of hydrogen-bond acceptors (Lipinski definition) is 5. The molecule has 0 unspecified atom stereocenters. The fourth-order valence-corrected chi connectivity index (χ4v) is 3.47. The van der Waals surface area contributed by atoms with Gasteiger partial charge in [-0.2, -0.15) is 0 Å². The molecular weight excluding hydrogens is 370 g/mol. The number of aromatic amines is 1. The predicted molar refractivity (Wildman–Crippen MR) is 109 cm³/mol. The topological polar surface area (TPSA) is 84.5 Å². The summed E-state index contributed by atoms with van der Waals surface area (Å²) in [5.74, 6) is 0.822. The number of benzene rings is 2. The minimum atomic E-state index is -0.516. The first-order chi connectivity index (χ1) is 14.1. The SMILES string of the molecule is COc1ccc(-c2nc3ccc(C(=O)OCC(=O)N4CCCCC4)cc3[nH]2)cc1. The second-order valence-electron chi connectivity index (χ2n) is 7.06. The molecule has 1 saturated heterocycles. The van der Waals surface area contributed by atoms with E-state index in [0.717, 1.165) is 54.7 Å². The number of nitrogens with zero attached hydrogens (tertiary/aromatic N) is 2. The summed E-state index contributed by atoms with van der Waals surface area (Å²) < 4.78 is 10.4. The highest BCUT2D eigenvalue weighted by atomic mass is 16.5. The van der Waals surface area contributed by atoms with Gasteiger partial charge in [0.1, 0.15) is 11.6 Å². The molecule has 0 bridgehead atoms. The first-order valence-electron chi connectivity index (χ1n) is 9.73. The van der Waals surface area contributed by atoms with E-state index in [0.29, 0.717) is 11.4 Å². The number of rotatable bonds is 5. The van der Waals surface area contributed by atoms with E-state index < -0.39 is 5.97 Å². The van der Waals surface area contributed by atoms with Gasteiger partial charge in [0.25, 0.3) is 5.91 Å². The van der Waals surface area contributed by atoms with Gasteiger partial charge in [0.05, 0.1) is 23.7 Å². The monoisotopic (exact) mass is 393 g/mol. The summed E-state index contributed by atoms with van der Waals surface area (Å²) in [7, 11) is 1.62. The molecule has 4 rings (SSSR count). The van der Waals surface area contributed by atoms with E-state index in [-0.39, 0.29) is 12.5 Å². The molecule has 1 fully saturated rings. The highest BCUT2D eigenvalue weighted by molar-refractivity contribution is 5.95. The molecule has 0 atom stereocenters. The van der Waals surface area contributed by atoms with Crippen LogP contribution in [0.2, 0.25) is 0 Å². The zero-order valence-electron chi connectivity index (χ0n) is 16.3. The van der Waals surface area contributed by atoms with Crippen molar-refractivity contribution in [2.24, 2.45) is 0 Å². The maximum absolute atomic E-state index is 12.4. The lowest BCUT2D eigenvalue weighted by Crippen LogP contribution is -2.38. The number of imidazole rings is 1. The number of nitrogens with one attached hydrogen (secondary N) is 1. The van der Waals surface area contributed by atoms with E-state index in [4.69, 9.17) is 9.47 Å². The number of amides is 1. The molecule has 1 aliphatic rings. The summed E-state index contributed by atoms with van der Waals surface area (Å²) in [6.07, 6.45) is 3.16. The predicted octanol–water partition coefficient (Wildman–Crippen LogP) is 3.41. The van der Waals surface area contributed by atoms with Crippen molar-refractivity contribution in [3.8, 4) is 17.1 Å². The van der Waals surface area contributed by atoms with Crippen molar-refractivity contribution < 1.29 is 19.1 Å². The van der Waals surface area contributed by atoms with Crippen molar-refractivity contribution in [1.29, 1.82) is 0 Å². The van der Waals surface area contributed by atoms with Gasteiger partial charge in [-0.05, 0) is 61.7 Å². The van der Waals surface area contributed by atoms with Gasteiger partial charge < -0.3 is 19.4 Å². The van der Waals surface area contributed by atoms with Crippen LogP contribution in [0.1, 0.15) is 29.6 Å². The Bertz CT molecular complexity index is 1020. The molecule has 0 spiro atoms. The molecule has 3 aromatic rings. The Balaban J connectivity index is 1.45. The van der Waals surface area contributed by atoms with Crippen LogP contribution >= 0.6 is 0 Å². The number of carbonyl (C=O) groups excluding carboxylic acids is 2. The molecule has 0 aliphatic carbocycles. The standard InChI is InChI=1S/C22H23N3O4/c1-28-17-8-5-15(6-9-17)21-23-18-10-7-16(13-19(18)24-21)22(27)29-14-20(26)25-11-3-2-4-12-25/h5-10,13H,2-4,11-12,14H2,1H3,(H,23,24). The second-order valence-corrected chi connectivity index (χ2v) is 7.06. The van der Waals surface area contributed by atoms with Crippen molar-refractivity contribution in [2.45, 2.75) is 19.3 Å². The van der Waals surface area contributed by atoms with Crippen LogP contribution in [-0.4, -0.2) is 53.6 Å². The molecule has 2 aromatic carbocycles. The molecule has 1 aromatic heterocycles. The van der Waals surface area contributed by atoms with Gasteiger partial charge >= 0.3 is 5.97 Å². The Morgan fingerprint density at radius 2 is 1.83 bits per heavy atom. The van der Waals surface area contributed by atoms with Crippen LogP contribution in [0.5, 0.6) is 5.75 Å². The van der Waals surface area contributed by atoms with Gasteiger partial charge in [-0.15, -0.1) is 0 Å². The maximum atomic E-state index is 12.4. The minimum absolute atomic E-state index is 0.137. The van der Waals surface area contributed by atoms with Crippen molar-refractivity contribution in [3.05, 3.63) is 48.0 Å². The summed E-state index contributed by atoms with van der Waals surface area (Å²) in [4.78, 5) is 34.1. The third-order valence-corrected chi connectivity index (χ3v) is 5.12. The minimum Gasteiger partial charge on any atom is -0.497 e. The highest BCUT2D eigenvalue weighted by Crippen LogP contribution is 2.23. The molecule has 7 nitrogen and oxygen atoms in total. The molecular formula is C22H23N3O4. The second kappa shape index (κ2) is 8.34. The largest absolute Gasteiger partial charge is 0.497 e. The van der Waals surface area contributed by atoms with Gasteiger partial charge in [0, 0.05) is 18.7 Å². The van der Waals surface area contributed by atoms with E-state index >= 15 is 0 Å². The lowest BCUT2D eigenvalue weighted by Gasteiger charge is -2.26. The average Bonchev–Trinajstić information content (AvgIpc) is 3.21. The summed E-state index contributed by atoms with van der Waals surface area (Å²) in [5, 5.41) is 0. The van der Waals surface area contributed by atoms with Crippen LogP contribution in [0.3, 0.4) is 0 Å². The summed E-state index contributed by atoms with van der Waals surface area (Å²) in [5.41, 5.74) is 2.77. The van der Waals surface area contributed by atoms with Crippen LogP contribution in [0.4, 0.5) is 0 Å². The van der Waals surface area contributed by atoms with Crippen LogP contribution in [0.25, 0.3) is 22.4 Å². The Hall–Kier alpha value is -3.35. The van der Waals surface area contributed by atoms with Crippen molar-refractivity contribution >= 4 is 22.9 Å². The number of esters is 1. The summed E-state index contributed by atoms with van der Waals surface area (Å²) in [6.45, 7) is 1.26. The van der Waals surface area contributed by atoms with Crippen LogP contribution in [-0.2, 0) is 9.53 Å². The molecule has 0 saturated carbocycles. The number of methoxy groups -OCH3 is 1. The molecule has 1 amide bonds. The average molecular weight is 393 g/mol. The highest BCUT2D eigenvalue weighted by Gasteiger charge is 2.19. The van der Waals surface area contributed by atoms with Crippen LogP contribution in [0, 0.1) is 0 Å². The normalized spacial score (nSPS) is 14.0. The number of ether oxygens (including phenoxy) is 2. The number of fused-ring (bicyclic) bond motifs is 1. The van der Waals surface area contributed by atoms with Crippen LogP contribution in [0.15, 0.2) is 42.5 Å².